The van der Waals surface area contributed by atoms with Crippen LogP contribution in [-0.4, -0.2) is 25.5 Å². The Labute approximate surface area is 165 Å². The van der Waals surface area contributed by atoms with E-state index in [1.807, 2.05) is 0 Å². The Morgan fingerprint density at radius 3 is 2.07 bits per heavy atom. The van der Waals surface area contributed by atoms with Gasteiger partial charge >= 0.3 is 12.3 Å². The highest BCUT2D eigenvalue weighted by Gasteiger charge is 2.13. The van der Waals surface area contributed by atoms with Crippen LogP contribution in [0.5, 0.6) is 11.5 Å². The van der Waals surface area contributed by atoms with Crippen LogP contribution in [0, 0.1) is 0 Å². The van der Waals surface area contributed by atoms with Crippen molar-refractivity contribution in [1.82, 2.24) is 0 Å². The monoisotopic (exact) mass is 398 g/mol. The molecule has 0 aliphatic rings. The second kappa shape index (κ2) is 8.92. The second-order valence-corrected chi connectivity index (χ2v) is 5.73. The summed E-state index contributed by atoms with van der Waals surface area (Å²) in [5.41, 5.74) is 0.929. The summed E-state index contributed by atoms with van der Waals surface area (Å²) in [6.07, 6.45) is -0.317. The first kappa shape index (κ1) is 19.9. The van der Waals surface area contributed by atoms with E-state index in [0.29, 0.717) is 16.5 Å². The summed E-state index contributed by atoms with van der Waals surface area (Å²) >= 11 is 0. The summed E-state index contributed by atoms with van der Waals surface area (Å²) in [4.78, 5) is 35.6. The number of fused-ring (bicyclic) bond motifs is 1. The highest BCUT2D eigenvalue weighted by atomic mass is 16.7. The minimum absolute atomic E-state index is 0.189. The molecule has 0 bridgehead atoms. The third kappa shape index (κ3) is 4.73. The lowest BCUT2D eigenvalue weighted by atomic mass is 10.1. The zero-order chi connectivity index (χ0) is 20.8. The van der Waals surface area contributed by atoms with E-state index in [9.17, 15) is 14.4 Å². The van der Waals surface area contributed by atoms with Crippen LogP contribution >= 0.6 is 0 Å². The number of carbonyl (C=O) groups is 2. The predicted octanol–water partition coefficient (Wildman–Crippen LogP) is 4.53. The average molecular weight is 398 g/mol. The van der Waals surface area contributed by atoms with E-state index in [2.05, 4.69) is 0 Å². The SMILES string of the molecule is CCOC(=O)Oc1ccc(-c2coc3cc(OC(=O)OCC)ccc3c2=O)cc1. The van der Waals surface area contributed by atoms with E-state index in [1.54, 1.807) is 38.1 Å². The lowest BCUT2D eigenvalue weighted by Crippen LogP contribution is -2.10. The number of hydrogen-bond acceptors (Lipinski definition) is 8. The lowest BCUT2D eigenvalue weighted by molar-refractivity contribution is 0.103. The Kier molecular flexibility index (Phi) is 6.13. The zero-order valence-corrected chi connectivity index (χ0v) is 15.8. The minimum atomic E-state index is -0.837. The smallest absolute Gasteiger partial charge is 0.463 e. The molecule has 0 fully saturated rings. The number of carbonyl (C=O) groups excluding carboxylic acids is 2. The maximum absolute atomic E-state index is 12.8. The van der Waals surface area contributed by atoms with Crippen LogP contribution in [0.2, 0.25) is 0 Å². The Bertz CT molecular complexity index is 1080. The summed E-state index contributed by atoms with van der Waals surface area (Å²) in [5.74, 6) is 0.491. The van der Waals surface area contributed by atoms with Crippen LogP contribution in [0.25, 0.3) is 22.1 Å². The van der Waals surface area contributed by atoms with Crippen LogP contribution in [0.1, 0.15) is 13.8 Å². The van der Waals surface area contributed by atoms with Crippen molar-refractivity contribution in [1.29, 1.82) is 0 Å². The fraction of sp³-hybridized carbons (Fsp3) is 0.190. The predicted molar refractivity (Wildman–Crippen MR) is 103 cm³/mol. The highest BCUT2D eigenvalue weighted by Crippen LogP contribution is 2.25. The molecule has 150 valence electrons. The fourth-order valence-corrected chi connectivity index (χ4v) is 2.56. The molecule has 0 spiro atoms. The molecular weight excluding hydrogens is 380 g/mol. The molecule has 3 rings (SSSR count). The molecule has 0 saturated carbocycles. The van der Waals surface area contributed by atoms with Crippen LogP contribution in [0.15, 0.2) is 57.9 Å². The normalized spacial score (nSPS) is 10.4. The minimum Gasteiger partial charge on any atom is -0.463 e. The van der Waals surface area contributed by atoms with E-state index in [0.717, 1.165) is 0 Å². The number of benzene rings is 2. The van der Waals surface area contributed by atoms with E-state index < -0.39 is 12.3 Å². The van der Waals surface area contributed by atoms with Crippen molar-refractivity contribution in [2.75, 3.05) is 13.2 Å². The standard InChI is InChI=1S/C21H18O8/c1-3-25-20(23)28-14-7-5-13(6-8-14)17-12-27-18-11-15(29-21(24)26-4-2)9-10-16(18)19(17)22/h5-12H,3-4H2,1-2H3. The molecule has 0 atom stereocenters. The number of ether oxygens (including phenoxy) is 4. The molecular formula is C21H18O8. The highest BCUT2D eigenvalue weighted by molar-refractivity contribution is 5.83. The summed E-state index contributed by atoms with van der Waals surface area (Å²) in [5, 5.41) is 0.325. The summed E-state index contributed by atoms with van der Waals surface area (Å²) in [6, 6.07) is 10.8. The van der Waals surface area contributed by atoms with E-state index in [4.69, 9.17) is 23.4 Å². The van der Waals surface area contributed by atoms with Crippen LogP contribution in [0.4, 0.5) is 9.59 Å². The van der Waals surface area contributed by atoms with Gasteiger partial charge in [0.15, 0.2) is 5.43 Å². The van der Waals surface area contributed by atoms with Crippen molar-refractivity contribution in [3.05, 3.63) is 59.0 Å². The molecule has 8 nitrogen and oxygen atoms in total. The molecule has 29 heavy (non-hydrogen) atoms. The molecule has 0 N–H and O–H groups in total. The lowest BCUT2D eigenvalue weighted by Gasteiger charge is -2.07. The molecule has 3 aromatic rings. The molecule has 0 amide bonds. The van der Waals surface area contributed by atoms with Gasteiger partial charge in [-0.05, 0) is 43.7 Å². The Hall–Kier alpha value is -3.81. The van der Waals surface area contributed by atoms with Crippen molar-refractivity contribution >= 4 is 23.3 Å². The van der Waals surface area contributed by atoms with E-state index in [1.165, 1.54) is 24.5 Å². The molecule has 1 aromatic heterocycles. The summed E-state index contributed by atoms with van der Waals surface area (Å²) in [6.45, 7) is 3.74. The van der Waals surface area contributed by atoms with Crippen LogP contribution in [-0.2, 0) is 9.47 Å². The van der Waals surface area contributed by atoms with Crippen molar-refractivity contribution in [2.24, 2.45) is 0 Å². The quantitative estimate of drug-likeness (QED) is 0.456. The Morgan fingerprint density at radius 1 is 0.862 bits per heavy atom. The largest absolute Gasteiger partial charge is 0.513 e. The maximum atomic E-state index is 12.8. The topological polar surface area (TPSA) is 101 Å². The molecule has 0 aliphatic heterocycles. The molecule has 0 radical (unpaired) electrons. The Balaban J connectivity index is 1.85. The number of hydrogen-bond donors (Lipinski definition) is 0. The average Bonchev–Trinajstić information content (AvgIpc) is 2.69. The van der Waals surface area contributed by atoms with Gasteiger partial charge in [-0.2, -0.15) is 0 Å². The first-order valence-corrected chi connectivity index (χ1v) is 8.87. The van der Waals surface area contributed by atoms with Gasteiger partial charge in [0.2, 0.25) is 0 Å². The first-order valence-electron chi connectivity index (χ1n) is 8.87. The maximum Gasteiger partial charge on any atom is 0.513 e. The fourth-order valence-electron chi connectivity index (χ4n) is 2.56. The summed E-state index contributed by atoms with van der Waals surface area (Å²) in [7, 11) is 0. The van der Waals surface area contributed by atoms with Gasteiger partial charge < -0.3 is 23.4 Å². The van der Waals surface area contributed by atoms with Crippen molar-refractivity contribution in [3.8, 4) is 22.6 Å². The molecule has 1 heterocycles. The van der Waals surface area contributed by atoms with Gasteiger partial charge in [-0.1, -0.05) is 12.1 Å². The molecule has 8 heteroatoms. The van der Waals surface area contributed by atoms with Gasteiger partial charge in [0.05, 0.1) is 24.2 Å². The van der Waals surface area contributed by atoms with Gasteiger partial charge in [-0.25, -0.2) is 9.59 Å². The van der Waals surface area contributed by atoms with Gasteiger partial charge in [-0.3, -0.25) is 4.79 Å². The van der Waals surface area contributed by atoms with Crippen molar-refractivity contribution in [2.45, 2.75) is 13.8 Å². The molecule has 0 saturated heterocycles. The van der Waals surface area contributed by atoms with Crippen molar-refractivity contribution < 1.29 is 33.0 Å². The molecule has 2 aromatic carbocycles. The van der Waals surface area contributed by atoms with Gasteiger partial charge in [0.1, 0.15) is 23.3 Å². The van der Waals surface area contributed by atoms with Gasteiger partial charge in [-0.15, -0.1) is 0 Å². The van der Waals surface area contributed by atoms with E-state index >= 15 is 0 Å². The zero-order valence-electron chi connectivity index (χ0n) is 15.8. The number of rotatable bonds is 5. The van der Waals surface area contributed by atoms with Gasteiger partial charge in [0.25, 0.3) is 0 Å². The molecule has 0 aliphatic carbocycles. The first-order chi connectivity index (χ1) is 14.0. The third-order valence-corrected chi connectivity index (χ3v) is 3.84. The molecule has 0 unspecified atom stereocenters. The second-order valence-electron chi connectivity index (χ2n) is 5.73. The van der Waals surface area contributed by atoms with Crippen molar-refractivity contribution in [3.63, 3.8) is 0 Å². The third-order valence-electron chi connectivity index (χ3n) is 3.84. The summed E-state index contributed by atoms with van der Waals surface area (Å²) < 4.78 is 25.0. The van der Waals surface area contributed by atoms with Crippen LogP contribution < -0.4 is 14.9 Å². The van der Waals surface area contributed by atoms with Crippen LogP contribution in [0.3, 0.4) is 0 Å². The Morgan fingerprint density at radius 2 is 1.45 bits per heavy atom. The van der Waals surface area contributed by atoms with E-state index in [-0.39, 0.29) is 35.7 Å². The van der Waals surface area contributed by atoms with Gasteiger partial charge in [0, 0.05) is 6.07 Å².